The molecule has 4 nitrogen and oxygen atoms in total. The van der Waals surface area contributed by atoms with Crippen molar-refractivity contribution in [3.8, 4) is 11.4 Å². The molecule has 0 saturated heterocycles. The lowest BCUT2D eigenvalue weighted by atomic mass is 10.3. The molecule has 0 aliphatic rings. The van der Waals surface area contributed by atoms with Crippen LogP contribution in [0.1, 0.15) is 0 Å². The third kappa shape index (κ3) is 2.80. The lowest BCUT2D eigenvalue weighted by Gasteiger charge is -2.12. The molecule has 0 N–H and O–H groups in total. The molecule has 0 amide bonds. The second-order valence-electron chi connectivity index (χ2n) is 4.71. The van der Waals surface area contributed by atoms with Gasteiger partial charge in [-0.2, -0.15) is 0 Å². The number of rotatable bonds is 2. The Hall–Kier alpha value is -2.73. The average Bonchev–Trinajstić information content (AvgIpc) is 2.50. The Balaban J connectivity index is 2.29. The zero-order valence-electron chi connectivity index (χ0n) is 11.5. The molecule has 0 saturated carbocycles. The Morgan fingerprint density at radius 1 is 0.739 bits per heavy atom. The first-order valence-electron chi connectivity index (χ1n) is 6.54. The highest BCUT2D eigenvalue weighted by molar-refractivity contribution is 6.29. The minimum absolute atomic E-state index is 0.107. The Kier molecular flexibility index (Phi) is 3.83. The first kappa shape index (κ1) is 15.2. The molecular weight excluding hydrogens is 326 g/mol. The monoisotopic (exact) mass is 334 g/mol. The molecule has 0 fully saturated rings. The highest BCUT2D eigenvalue weighted by Gasteiger charge is 2.13. The van der Waals surface area contributed by atoms with Gasteiger partial charge in [-0.15, -0.1) is 0 Å². The van der Waals surface area contributed by atoms with Crippen molar-refractivity contribution in [1.82, 2.24) is 9.13 Å². The third-order valence-corrected chi connectivity index (χ3v) is 3.51. The Morgan fingerprint density at radius 3 is 1.65 bits per heavy atom. The Morgan fingerprint density at radius 2 is 1.17 bits per heavy atom. The van der Waals surface area contributed by atoms with Gasteiger partial charge in [0.2, 0.25) is 0 Å². The van der Waals surface area contributed by atoms with Crippen molar-refractivity contribution in [2.75, 3.05) is 0 Å². The molecule has 3 aromatic rings. The topological polar surface area (TPSA) is 44.0 Å². The molecular formula is C16H9ClF2N2O2. The minimum atomic E-state index is -0.735. The van der Waals surface area contributed by atoms with Crippen LogP contribution in [-0.2, 0) is 0 Å². The number of aromatic nitrogens is 2. The van der Waals surface area contributed by atoms with Crippen LogP contribution in [0.4, 0.5) is 8.78 Å². The maximum absolute atomic E-state index is 13.0. The summed E-state index contributed by atoms with van der Waals surface area (Å²) in [7, 11) is 0. The lowest BCUT2D eigenvalue weighted by molar-refractivity contribution is 0.626. The van der Waals surface area contributed by atoms with Crippen LogP contribution in [0.15, 0.2) is 64.2 Å². The van der Waals surface area contributed by atoms with E-state index in [-0.39, 0.29) is 10.8 Å². The van der Waals surface area contributed by atoms with E-state index in [4.69, 9.17) is 11.6 Å². The van der Waals surface area contributed by atoms with Gasteiger partial charge in [-0.05, 0) is 48.5 Å². The average molecular weight is 335 g/mol. The fraction of sp³-hybridized carbons (Fsp3) is 0. The third-order valence-electron chi connectivity index (χ3n) is 3.23. The quantitative estimate of drug-likeness (QED) is 0.676. The van der Waals surface area contributed by atoms with Crippen molar-refractivity contribution in [3.05, 3.63) is 92.2 Å². The molecule has 2 aromatic carbocycles. The molecule has 0 atom stereocenters. The van der Waals surface area contributed by atoms with E-state index >= 15 is 0 Å². The van der Waals surface area contributed by atoms with Gasteiger partial charge in [-0.1, -0.05) is 11.6 Å². The molecule has 0 spiro atoms. The molecule has 0 aliphatic carbocycles. The van der Waals surface area contributed by atoms with Crippen LogP contribution in [-0.4, -0.2) is 9.13 Å². The maximum atomic E-state index is 13.0. The largest absolute Gasteiger partial charge is 0.341 e. The first-order chi connectivity index (χ1) is 11.0. The number of benzene rings is 2. The molecule has 0 radical (unpaired) electrons. The summed E-state index contributed by atoms with van der Waals surface area (Å²) in [5.74, 6) is -0.959. The molecule has 0 unspecified atom stereocenters. The first-order valence-corrected chi connectivity index (χ1v) is 6.91. The highest BCUT2D eigenvalue weighted by atomic mass is 35.5. The van der Waals surface area contributed by atoms with E-state index in [0.717, 1.165) is 27.3 Å². The predicted octanol–water partition coefficient (Wildman–Crippen LogP) is 2.92. The van der Waals surface area contributed by atoms with Crippen LogP contribution in [0.2, 0.25) is 5.15 Å². The molecule has 0 aliphatic heterocycles. The van der Waals surface area contributed by atoms with Gasteiger partial charge in [0.15, 0.2) is 0 Å². The lowest BCUT2D eigenvalue weighted by Crippen LogP contribution is -2.37. The standard InChI is InChI=1S/C16H9ClF2N2O2/c17-14-9-15(22)21(13-7-3-11(19)4-8-13)16(23)20(14)12-5-1-10(18)2-6-12/h1-9H. The van der Waals surface area contributed by atoms with E-state index in [1.807, 2.05) is 0 Å². The normalized spacial score (nSPS) is 10.7. The molecule has 1 aromatic heterocycles. The van der Waals surface area contributed by atoms with E-state index < -0.39 is 22.9 Å². The second kappa shape index (κ2) is 5.81. The van der Waals surface area contributed by atoms with E-state index in [9.17, 15) is 18.4 Å². The van der Waals surface area contributed by atoms with Gasteiger partial charge in [0.25, 0.3) is 5.56 Å². The summed E-state index contributed by atoms with van der Waals surface area (Å²) >= 11 is 5.99. The van der Waals surface area contributed by atoms with E-state index in [0.29, 0.717) is 5.69 Å². The summed E-state index contributed by atoms with van der Waals surface area (Å²) in [5.41, 5.74) is -0.878. The van der Waals surface area contributed by atoms with Crippen LogP contribution in [0.5, 0.6) is 0 Å². The van der Waals surface area contributed by atoms with E-state index in [1.54, 1.807) is 0 Å². The highest BCUT2D eigenvalue weighted by Crippen LogP contribution is 2.13. The summed E-state index contributed by atoms with van der Waals surface area (Å²) in [4.78, 5) is 24.7. The summed E-state index contributed by atoms with van der Waals surface area (Å²) in [6, 6.07) is 11.0. The number of halogens is 3. The summed E-state index contributed by atoms with van der Waals surface area (Å²) < 4.78 is 28.0. The van der Waals surface area contributed by atoms with Crippen molar-refractivity contribution in [3.63, 3.8) is 0 Å². The van der Waals surface area contributed by atoms with Crippen molar-refractivity contribution >= 4 is 11.6 Å². The van der Waals surface area contributed by atoms with Crippen LogP contribution in [0.25, 0.3) is 11.4 Å². The van der Waals surface area contributed by atoms with Crippen LogP contribution in [0.3, 0.4) is 0 Å². The zero-order valence-corrected chi connectivity index (χ0v) is 12.3. The Labute approximate surface area is 133 Å². The van der Waals surface area contributed by atoms with E-state index in [2.05, 4.69) is 0 Å². The van der Waals surface area contributed by atoms with Crippen molar-refractivity contribution in [1.29, 1.82) is 0 Å². The fourth-order valence-corrected chi connectivity index (χ4v) is 2.43. The van der Waals surface area contributed by atoms with Gasteiger partial charge < -0.3 is 0 Å². The van der Waals surface area contributed by atoms with Crippen molar-refractivity contribution < 1.29 is 8.78 Å². The van der Waals surface area contributed by atoms with Gasteiger partial charge in [0.1, 0.15) is 16.8 Å². The van der Waals surface area contributed by atoms with Gasteiger partial charge in [0.05, 0.1) is 11.4 Å². The maximum Gasteiger partial charge on any atom is 0.341 e. The predicted molar refractivity (Wildman–Crippen MR) is 82.6 cm³/mol. The molecule has 116 valence electrons. The minimum Gasteiger partial charge on any atom is -0.269 e. The van der Waals surface area contributed by atoms with Gasteiger partial charge in [0, 0.05) is 6.07 Å². The van der Waals surface area contributed by atoms with Gasteiger partial charge in [-0.25, -0.2) is 18.1 Å². The fourth-order valence-electron chi connectivity index (χ4n) is 2.17. The SMILES string of the molecule is O=c1cc(Cl)n(-c2ccc(F)cc2)c(=O)n1-c1ccc(F)cc1. The smallest absolute Gasteiger partial charge is 0.269 e. The van der Waals surface area contributed by atoms with Crippen LogP contribution < -0.4 is 11.2 Å². The van der Waals surface area contributed by atoms with Crippen molar-refractivity contribution in [2.45, 2.75) is 0 Å². The molecule has 1 heterocycles. The van der Waals surface area contributed by atoms with Crippen molar-refractivity contribution in [2.24, 2.45) is 0 Å². The number of nitrogens with zero attached hydrogens (tertiary/aromatic N) is 2. The van der Waals surface area contributed by atoms with Gasteiger partial charge in [-0.3, -0.25) is 9.36 Å². The number of hydrogen-bond donors (Lipinski definition) is 0. The molecule has 7 heteroatoms. The summed E-state index contributed by atoms with van der Waals surface area (Å²) in [6.45, 7) is 0. The van der Waals surface area contributed by atoms with E-state index in [1.165, 1.54) is 36.4 Å². The zero-order chi connectivity index (χ0) is 16.6. The summed E-state index contributed by atoms with van der Waals surface area (Å²) in [6.07, 6.45) is 0. The Bertz CT molecular complexity index is 977. The molecule has 0 bridgehead atoms. The molecule has 3 rings (SSSR count). The van der Waals surface area contributed by atoms with Gasteiger partial charge >= 0.3 is 5.69 Å². The number of hydrogen-bond acceptors (Lipinski definition) is 2. The summed E-state index contributed by atoms with van der Waals surface area (Å²) in [5, 5.41) is -0.107. The second-order valence-corrected chi connectivity index (χ2v) is 5.10. The van der Waals surface area contributed by atoms with Crippen LogP contribution in [0, 0.1) is 11.6 Å². The molecule has 23 heavy (non-hydrogen) atoms. The van der Waals surface area contributed by atoms with Crippen LogP contribution >= 0.6 is 11.6 Å².